The molecule has 0 N–H and O–H groups in total. The van der Waals surface area contributed by atoms with Crippen LogP contribution in [0, 0.1) is 23.7 Å². The van der Waals surface area contributed by atoms with Crippen molar-refractivity contribution in [3.8, 4) is 0 Å². The maximum Gasteiger partial charge on any atom is 0.353 e. The number of rotatable bonds is 23. The maximum absolute atomic E-state index is 13.9. The molecule has 320 valence electrons. The Kier molecular flexibility index (Phi) is 19.0. The molecule has 4 unspecified atom stereocenters. The molecule has 1 aromatic rings. The van der Waals surface area contributed by atoms with Crippen molar-refractivity contribution in [2.75, 3.05) is 37.2 Å². The molecule has 2 bridgehead atoms. The predicted octanol–water partition coefficient (Wildman–Crippen LogP) is 18.3. The molecule has 1 aromatic carbocycles. The van der Waals surface area contributed by atoms with E-state index in [4.69, 9.17) is 9.05 Å². The summed E-state index contributed by atoms with van der Waals surface area (Å²) in [5.74, 6) is 6.86. The first-order chi connectivity index (χ1) is 28.4. The van der Waals surface area contributed by atoms with Gasteiger partial charge >= 0.3 is 7.60 Å². The van der Waals surface area contributed by atoms with Gasteiger partial charge in [-0.15, -0.1) is 47.0 Å². The summed E-state index contributed by atoms with van der Waals surface area (Å²) in [6.07, 6.45) is 21.8. The lowest BCUT2D eigenvalue weighted by Gasteiger charge is -2.40. The minimum atomic E-state index is -3.29. The third-order valence-electron chi connectivity index (χ3n) is 11.5. The van der Waals surface area contributed by atoms with Gasteiger partial charge in [-0.3, -0.25) is 4.57 Å². The molecule has 0 spiro atoms. The molecule has 0 aromatic heterocycles. The first kappa shape index (κ1) is 47.5. The molecule has 7 rings (SSSR count). The number of unbranched alkanes of at least 4 members (excludes halogenated alkanes) is 8. The minimum Gasteiger partial charge on any atom is -0.311 e. The first-order valence-corrected chi connectivity index (χ1v) is 32.1. The standard InChI is InChI=1S/C44H61O3PS10/c1-7-11-15-21-49-40-41(50-22-16-12-8-2)56-38(55-40)36-30-26-32-33(54-44(53-32)48(45,46-5)47-6)27-31(30)37(35-29-20-19-28(25-29)34(35)36)39-57-42(51-23-17-13-9-3)43(58-39)52-24-18-14-10-4/h19-20,26-29,34-35,44H,7-18,21-25H2,1-6H3. The van der Waals surface area contributed by atoms with E-state index in [1.165, 1.54) is 150 Å². The van der Waals surface area contributed by atoms with Gasteiger partial charge in [0.05, 0.1) is 25.4 Å². The zero-order valence-corrected chi connectivity index (χ0v) is 44.0. The van der Waals surface area contributed by atoms with E-state index in [1.807, 2.05) is 0 Å². The predicted molar refractivity (Wildman–Crippen MR) is 277 cm³/mol. The average molecular weight is 990 g/mol. The normalized spacial score (nSPS) is 25.0. The minimum absolute atomic E-state index is 0.311. The van der Waals surface area contributed by atoms with Crippen LogP contribution in [-0.2, 0) is 13.6 Å². The van der Waals surface area contributed by atoms with Crippen LogP contribution in [0.25, 0.3) is 11.1 Å². The van der Waals surface area contributed by atoms with Crippen LogP contribution in [0.5, 0.6) is 0 Å². The molecule has 1 saturated carbocycles. The van der Waals surface area contributed by atoms with Gasteiger partial charge < -0.3 is 9.05 Å². The van der Waals surface area contributed by atoms with Crippen LogP contribution in [0.15, 0.2) is 59.5 Å². The number of fused-ring (bicyclic) bond motifs is 7. The third kappa shape index (κ3) is 10.8. The average Bonchev–Trinajstić information content (AvgIpc) is 4.09. The van der Waals surface area contributed by atoms with Crippen LogP contribution in [0.1, 0.15) is 122 Å². The van der Waals surface area contributed by atoms with Gasteiger partial charge in [0.2, 0.25) is 0 Å². The molecule has 3 heterocycles. The molecule has 4 atom stereocenters. The third-order valence-corrected chi connectivity index (χ3v) is 28.9. The summed E-state index contributed by atoms with van der Waals surface area (Å²) in [5, 5.41) is 0. The zero-order chi connectivity index (χ0) is 40.6. The number of allylic oxidation sites excluding steroid dienone is 4. The Morgan fingerprint density at radius 3 is 1.22 bits per heavy atom. The van der Waals surface area contributed by atoms with Crippen molar-refractivity contribution in [3.63, 3.8) is 0 Å². The maximum atomic E-state index is 13.9. The van der Waals surface area contributed by atoms with Crippen LogP contribution in [0.4, 0.5) is 0 Å². The monoisotopic (exact) mass is 988 g/mol. The molecule has 3 aliphatic carbocycles. The Morgan fingerprint density at radius 1 is 0.569 bits per heavy atom. The molecule has 3 aliphatic heterocycles. The van der Waals surface area contributed by atoms with Crippen molar-refractivity contribution >= 4 is 136 Å². The zero-order valence-electron chi connectivity index (χ0n) is 35.0. The van der Waals surface area contributed by atoms with Crippen LogP contribution < -0.4 is 0 Å². The van der Waals surface area contributed by atoms with Gasteiger partial charge in [-0.1, -0.05) is 162 Å². The van der Waals surface area contributed by atoms with Gasteiger partial charge in [-0.05, 0) is 113 Å². The number of hydrogen-bond acceptors (Lipinski definition) is 13. The highest BCUT2D eigenvalue weighted by molar-refractivity contribution is 8.41. The number of benzene rings is 1. The van der Waals surface area contributed by atoms with E-state index in [0.29, 0.717) is 23.7 Å². The van der Waals surface area contributed by atoms with E-state index in [9.17, 15) is 4.57 Å². The molecular weight excluding hydrogens is 928 g/mol. The van der Waals surface area contributed by atoms with Crippen molar-refractivity contribution in [1.29, 1.82) is 0 Å². The quantitative estimate of drug-likeness (QED) is 0.0594. The largest absolute Gasteiger partial charge is 0.353 e. The molecule has 0 radical (unpaired) electrons. The van der Waals surface area contributed by atoms with Gasteiger partial charge in [0, 0.05) is 24.0 Å². The lowest BCUT2D eigenvalue weighted by molar-refractivity contribution is 0.279. The molecule has 14 heteroatoms. The Bertz CT molecular complexity index is 1660. The fourth-order valence-corrected chi connectivity index (χ4v) is 26.3. The lowest BCUT2D eigenvalue weighted by atomic mass is 9.66. The molecule has 58 heavy (non-hydrogen) atoms. The number of thioether (sulfide) groups is 10. The van der Waals surface area contributed by atoms with Crippen molar-refractivity contribution < 1.29 is 13.6 Å². The van der Waals surface area contributed by atoms with E-state index in [0.717, 1.165) is 0 Å². The summed E-state index contributed by atoms with van der Waals surface area (Å²) in [6.45, 7) is 9.24. The van der Waals surface area contributed by atoms with E-state index >= 15 is 0 Å². The molecule has 0 amide bonds. The summed E-state index contributed by atoms with van der Waals surface area (Å²) in [7, 11) is -0.228. The van der Waals surface area contributed by atoms with Gasteiger partial charge in [-0.2, -0.15) is 0 Å². The van der Waals surface area contributed by atoms with E-state index in [-0.39, 0.29) is 4.32 Å². The highest BCUT2D eigenvalue weighted by Crippen LogP contribution is 2.72. The molecule has 0 saturated heterocycles. The van der Waals surface area contributed by atoms with Crippen molar-refractivity contribution in [1.82, 2.24) is 0 Å². The van der Waals surface area contributed by atoms with E-state index < -0.39 is 7.60 Å². The van der Waals surface area contributed by atoms with Crippen LogP contribution in [0.3, 0.4) is 0 Å². The van der Waals surface area contributed by atoms with Gasteiger partial charge in [0.25, 0.3) is 0 Å². The Morgan fingerprint density at radius 2 is 0.914 bits per heavy atom. The van der Waals surface area contributed by atoms with Crippen molar-refractivity contribution in [2.24, 2.45) is 23.7 Å². The van der Waals surface area contributed by atoms with Gasteiger partial charge in [0.15, 0.2) is 4.32 Å². The topological polar surface area (TPSA) is 35.5 Å². The fraction of sp³-hybridized carbons (Fsp3) is 0.636. The molecule has 1 fully saturated rings. The molecule has 6 aliphatic rings. The number of hydrogen-bond donors (Lipinski definition) is 0. The molecular formula is C44H61O3PS10. The van der Waals surface area contributed by atoms with Crippen LogP contribution in [-0.4, -0.2) is 41.6 Å². The first-order valence-electron chi connectivity index (χ1n) is 21.5. The Labute approximate surface area is 393 Å². The summed E-state index contributed by atoms with van der Waals surface area (Å²) in [5.41, 5.74) is 6.03. The summed E-state index contributed by atoms with van der Waals surface area (Å²) >= 11 is 20.2. The van der Waals surface area contributed by atoms with Crippen molar-refractivity contribution in [3.05, 3.63) is 60.8 Å². The van der Waals surface area contributed by atoms with E-state index in [2.05, 4.69) is 146 Å². The second-order valence-electron chi connectivity index (χ2n) is 15.5. The second kappa shape index (κ2) is 23.2. The Balaban J connectivity index is 1.33. The molecule has 3 nitrogen and oxygen atoms in total. The van der Waals surface area contributed by atoms with Crippen LogP contribution >= 0.6 is 125 Å². The smallest absolute Gasteiger partial charge is 0.311 e. The highest BCUT2D eigenvalue weighted by atomic mass is 32.3. The van der Waals surface area contributed by atoms with Crippen molar-refractivity contribution in [2.45, 2.75) is 125 Å². The summed E-state index contributed by atoms with van der Waals surface area (Å²) < 4.78 is 33.9. The Hall–Kier alpha value is 1.57. The summed E-state index contributed by atoms with van der Waals surface area (Å²) in [4.78, 5) is 2.44. The lowest BCUT2D eigenvalue weighted by Crippen LogP contribution is -2.28. The summed E-state index contributed by atoms with van der Waals surface area (Å²) in [6, 6.07) is 5.01. The highest BCUT2D eigenvalue weighted by Gasteiger charge is 2.54. The van der Waals surface area contributed by atoms with Gasteiger partial charge in [0.1, 0.15) is 0 Å². The second-order valence-corrected chi connectivity index (χ2v) is 31.1. The van der Waals surface area contributed by atoms with Gasteiger partial charge in [-0.25, -0.2) is 0 Å². The van der Waals surface area contributed by atoms with E-state index in [1.54, 1.807) is 51.6 Å². The fourth-order valence-electron chi connectivity index (χ4n) is 8.45. The van der Waals surface area contributed by atoms with Crippen LogP contribution in [0.2, 0.25) is 0 Å². The SMILES string of the molecule is CCCCCSC1=C(SCCCCC)SC(=C2c3cc4c(cc3C(=C3SC(SCCCCC)=C(SCCCCC)S3)C3C5C=CC(C5)C23)SC(P(=O)(OC)OC)S4)S1.